The first kappa shape index (κ1) is 15.2. The third kappa shape index (κ3) is 4.81. The van der Waals surface area contributed by atoms with Crippen LogP contribution in [0.25, 0.3) is 0 Å². The third-order valence-corrected chi connectivity index (χ3v) is 2.91. The van der Waals surface area contributed by atoms with Crippen LogP contribution in [-0.2, 0) is 4.79 Å². The van der Waals surface area contributed by atoms with Crippen molar-refractivity contribution in [3.63, 3.8) is 0 Å². The van der Waals surface area contributed by atoms with Crippen molar-refractivity contribution < 1.29 is 19.7 Å². The van der Waals surface area contributed by atoms with E-state index >= 15 is 0 Å². The van der Waals surface area contributed by atoms with Gasteiger partial charge >= 0.3 is 0 Å². The second kappa shape index (κ2) is 7.58. The first-order valence-electron chi connectivity index (χ1n) is 5.15. The summed E-state index contributed by atoms with van der Waals surface area (Å²) in [5.41, 5.74) is 0. The minimum absolute atomic E-state index is 0.212. The zero-order chi connectivity index (χ0) is 13.5. The van der Waals surface area contributed by atoms with Gasteiger partial charge in [-0.1, -0.05) is 11.6 Å². The van der Waals surface area contributed by atoms with Crippen molar-refractivity contribution in [1.82, 2.24) is 5.32 Å². The Kier molecular flexibility index (Phi) is 6.42. The van der Waals surface area contributed by atoms with Crippen LogP contribution in [0, 0.1) is 0 Å². The summed E-state index contributed by atoms with van der Waals surface area (Å²) in [6.45, 7) is -0.865. The van der Waals surface area contributed by atoms with Gasteiger partial charge in [0.25, 0.3) is 5.91 Å². The van der Waals surface area contributed by atoms with E-state index in [0.29, 0.717) is 15.2 Å². The summed E-state index contributed by atoms with van der Waals surface area (Å²) in [6, 6.07) is 4.26. The summed E-state index contributed by atoms with van der Waals surface area (Å²) in [7, 11) is 0. The molecule has 3 N–H and O–H groups in total. The first-order valence-corrected chi connectivity index (χ1v) is 6.33. The fourth-order valence-electron chi connectivity index (χ4n) is 1.15. The minimum atomic E-state index is -0.672. The van der Waals surface area contributed by atoms with Gasteiger partial charge in [0, 0.05) is 5.02 Å². The Balaban J connectivity index is 2.47. The average Bonchev–Trinajstić information content (AvgIpc) is 2.35. The highest BCUT2D eigenvalue weighted by atomic mass is 79.9. The van der Waals surface area contributed by atoms with E-state index in [4.69, 9.17) is 26.6 Å². The van der Waals surface area contributed by atoms with Gasteiger partial charge in [0.2, 0.25) is 0 Å². The lowest BCUT2D eigenvalue weighted by Crippen LogP contribution is -2.42. The number of ether oxygens (including phenoxy) is 1. The number of carbonyl (C=O) groups is 1. The second-order valence-electron chi connectivity index (χ2n) is 3.49. The van der Waals surface area contributed by atoms with Gasteiger partial charge in [-0.3, -0.25) is 4.79 Å². The molecular formula is C11H13BrClNO4. The van der Waals surface area contributed by atoms with Gasteiger partial charge in [0.1, 0.15) is 5.75 Å². The summed E-state index contributed by atoms with van der Waals surface area (Å²) in [5, 5.41) is 20.6. The number of aliphatic hydroxyl groups excluding tert-OH is 2. The van der Waals surface area contributed by atoms with Crippen LogP contribution in [0.4, 0.5) is 0 Å². The number of aliphatic hydroxyl groups is 2. The van der Waals surface area contributed by atoms with Crippen molar-refractivity contribution in [3.8, 4) is 5.75 Å². The smallest absolute Gasteiger partial charge is 0.258 e. The molecule has 1 aromatic carbocycles. The van der Waals surface area contributed by atoms with Crippen molar-refractivity contribution >= 4 is 33.4 Å². The van der Waals surface area contributed by atoms with E-state index in [0.717, 1.165) is 0 Å². The Morgan fingerprint density at radius 1 is 1.44 bits per heavy atom. The number of benzene rings is 1. The molecule has 0 aliphatic rings. The molecule has 0 saturated heterocycles. The molecule has 0 fully saturated rings. The van der Waals surface area contributed by atoms with Crippen LogP contribution < -0.4 is 10.1 Å². The average molecular weight is 339 g/mol. The molecule has 7 heteroatoms. The molecule has 0 aliphatic heterocycles. The minimum Gasteiger partial charge on any atom is -0.483 e. The van der Waals surface area contributed by atoms with Crippen molar-refractivity contribution in [2.45, 2.75) is 6.04 Å². The largest absolute Gasteiger partial charge is 0.483 e. The number of halogens is 2. The standard InChI is InChI=1S/C11H13BrClNO4/c12-9-3-7(13)1-2-10(9)18-6-11(17)14-8(4-15)5-16/h1-3,8,15-16H,4-6H2,(H,14,17). The molecule has 0 heterocycles. The lowest BCUT2D eigenvalue weighted by Gasteiger charge is -2.14. The van der Waals surface area contributed by atoms with Crippen molar-refractivity contribution in [1.29, 1.82) is 0 Å². The van der Waals surface area contributed by atoms with E-state index < -0.39 is 11.9 Å². The van der Waals surface area contributed by atoms with E-state index in [2.05, 4.69) is 21.2 Å². The van der Waals surface area contributed by atoms with Gasteiger partial charge in [-0.2, -0.15) is 0 Å². The molecule has 100 valence electrons. The maximum atomic E-state index is 11.4. The molecule has 1 rings (SSSR count). The quantitative estimate of drug-likeness (QED) is 0.722. The van der Waals surface area contributed by atoms with Gasteiger partial charge in [0.05, 0.1) is 23.7 Å². The summed E-state index contributed by atoms with van der Waals surface area (Å²) in [5.74, 6) is 0.0593. The molecule has 18 heavy (non-hydrogen) atoms. The maximum absolute atomic E-state index is 11.4. The first-order chi connectivity index (χ1) is 8.56. The topological polar surface area (TPSA) is 78.8 Å². The van der Waals surface area contributed by atoms with E-state index in [1.165, 1.54) is 0 Å². The van der Waals surface area contributed by atoms with Crippen LogP contribution in [0.1, 0.15) is 0 Å². The van der Waals surface area contributed by atoms with Crippen LogP contribution in [-0.4, -0.2) is 42.0 Å². The van der Waals surface area contributed by atoms with Crippen LogP contribution >= 0.6 is 27.5 Å². The number of hydrogen-bond acceptors (Lipinski definition) is 4. The second-order valence-corrected chi connectivity index (χ2v) is 4.78. The van der Waals surface area contributed by atoms with Crippen molar-refractivity contribution in [3.05, 3.63) is 27.7 Å². The summed E-state index contributed by atoms with van der Waals surface area (Å²) < 4.78 is 5.90. The van der Waals surface area contributed by atoms with Gasteiger partial charge < -0.3 is 20.3 Å². The monoisotopic (exact) mass is 337 g/mol. The molecule has 0 unspecified atom stereocenters. The zero-order valence-corrected chi connectivity index (χ0v) is 11.7. The molecule has 0 atom stereocenters. The number of amides is 1. The Hall–Kier alpha value is -0.820. The van der Waals surface area contributed by atoms with Crippen LogP contribution in [0.5, 0.6) is 5.75 Å². The van der Waals surface area contributed by atoms with E-state index in [9.17, 15) is 4.79 Å². The van der Waals surface area contributed by atoms with E-state index in [-0.39, 0.29) is 19.8 Å². The van der Waals surface area contributed by atoms with E-state index in [1.807, 2.05) is 0 Å². The lowest BCUT2D eigenvalue weighted by molar-refractivity contribution is -0.124. The predicted octanol–water partition coefficient (Wildman–Crippen LogP) is 0.951. The number of hydrogen-bond donors (Lipinski definition) is 3. The fraction of sp³-hybridized carbons (Fsp3) is 0.364. The molecule has 0 saturated carbocycles. The predicted molar refractivity (Wildman–Crippen MR) is 70.7 cm³/mol. The number of nitrogens with one attached hydrogen (secondary N) is 1. The highest BCUT2D eigenvalue weighted by molar-refractivity contribution is 9.10. The summed E-state index contributed by atoms with van der Waals surface area (Å²) >= 11 is 9.02. The Labute approximate surface area is 118 Å². The van der Waals surface area contributed by atoms with Crippen molar-refractivity contribution in [2.75, 3.05) is 19.8 Å². The molecular weight excluding hydrogens is 325 g/mol. The highest BCUT2D eigenvalue weighted by Crippen LogP contribution is 2.27. The Morgan fingerprint density at radius 2 is 2.11 bits per heavy atom. The van der Waals surface area contributed by atoms with Gasteiger partial charge in [-0.05, 0) is 34.1 Å². The molecule has 0 bridgehead atoms. The van der Waals surface area contributed by atoms with Crippen LogP contribution in [0.15, 0.2) is 22.7 Å². The highest BCUT2D eigenvalue weighted by Gasteiger charge is 2.11. The molecule has 1 amide bonds. The van der Waals surface area contributed by atoms with Crippen LogP contribution in [0.3, 0.4) is 0 Å². The Bertz CT molecular complexity index is 412. The summed E-state index contributed by atoms with van der Waals surface area (Å²) in [4.78, 5) is 11.4. The van der Waals surface area contributed by atoms with Gasteiger partial charge in [0.15, 0.2) is 6.61 Å². The molecule has 1 aromatic rings. The van der Waals surface area contributed by atoms with Gasteiger partial charge in [-0.15, -0.1) is 0 Å². The molecule has 0 aromatic heterocycles. The van der Waals surface area contributed by atoms with Crippen molar-refractivity contribution in [2.24, 2.45) is 0 Å². The third-order valence-electron chi connectivity index (χ3n) is 2.06. The lowest BCUT2D eigenvalue weighted by atomic mass is 10.3. The molecule has 0 aliphatic carbocycles. The van der Waals surface area contributed by atoms with Crippen LogP contribution in [0.2, 0.25) is 5.02 Å². The maximum Gasteiger partial charge on any atom is 0.258 e. The number of rotatable bonds is 6. The van der Waals surface area contributed by atoms with Gasteiger partial charge in [-0.25, -0.2) is 0 Å². The number of carbonyl (C=O) groups excluding carboxylic acids is 1. The Morgan fingerprint density at radius 3 is 2.67 bits per heavy atom. The normalized spacial score (nSPS) is 10.5. The molecule has 0 radical (unpaired) electrons. The SMILES string of the molecule is O=C(COc1ccc(Cl)cc1Br)NC(CO)CO. The zero-order valence-electron chi connectivity index (χ0n) is 9.40. The van der Waals surface area contributed by atoms with E-state index in [1.54, 1.807) is 18.2 Å². The molecule has 5 nitrogen and oxygen atoms in total. The molecule has 0 spiro atoms. The fourth-order valence-corrected chi connectivity index (χ4v) is 1.95. The summed E-state index contributed by atoms with van der Waals surface area (Å²) in [6.07, 6.45) is 0.